The average molecular weight is 322 g/mol. The Bertz CT molecular complexity index is 694. The summed E-state index contributed by atoms with van der Waals surface area (Å²) in [5, 5.41) is 3.50. The number of hydrogen-bond acceptors (Lipinski definition) is 4. The normalized spacial score (nSPS) is 17.2. The number of nitrogens with one attached hydrogen (secondary N) is 1. The van der Waals surface area contributed by atoms with Crippen LogP contribution in [0.2, 0.25) is 0 Å². The Kier molecular flexibility index (Phi) is 4.48. The molecule has 2 aliphatic rings. The smallest absolute Gasteiger partial charge is 0.135 e. The lowest BCUT2D eigenvalue weighted by Gasteiger charge is -2.23. The Hall–Kier alpha value is -1.94. The van der Waals surface area contributed by atoms with Gasteiger partial charge >= 0.3 is 0 Å². The third-order valence-electron chi connectivity index (χ3n) is 5.00. The highest BCUT2D eigenvalue weighted by Crippen LogP contribution is 2.32. The van der Waals surface area contributed by atoms with Crippen LogP contribution in [0.1, 0.15) is 35.5 Å². The Balaban J connectivity index is 1.67. The zero-order valence-corrected chi connectivity index (χ0v) is 14.5. The summed E-state index contributed by atoms with van der Waals surface area (Å²) in [7, 11) is 2.20. The van der Waals surface area contributed by atoms with Crippen molar-refractivity contribution in [2.45, 2.75) is 32.1 Å². The maximum absolute atomic E-state index is 4.99. The lowest BCUT2D eigenvalue weighted by molar-refractivity contribution is 0.707. The molecular formula is C20H26N4. The molecule has 0 unspecified atom stereocenters. The van der Waals surface area contributed by atoms with Crippen molar-refractivity contribution in [2.24, 2.45) is 5.92 Å². The van der Waals surface area contributed by atoms with Gasteiger partial charge in [0, 0.05) is 38.5 Å². The molecule has 4 heteroatoms. The second-order valence-corrected chi connectivity index (χ2v) is 7.12. The molecule has 4 nitrogen and oxygen atoms in total. The molecule has 0 amide bonds. The molecule has 0 atom stereocenters. The molecule has 1 aliphatic carbocycles. The van der Waals surface area contributed by atoms with E-state index in [-0.39, 0.29) is 0 Å². The highest BCUT2D eigenvalue weighted by atomic mass is 15.2. The zero-order chi connectivity index (χ0) is 16.4. The van der Waals surface area contributed by atoms with E-state index in [0.717, 1.165) is 50.6 Å². The van der Waals surface area contributed by atoms with Gasteiger partial charge in [0.25, 0.3) is 0 Å². The molecule has 0 saturated heterocycles. The number of benzene rings is 1. The third kappa shape index (κ3) is 3.59. The van der Waals surface area contributed by atoms with E-state index in [1.165, 1.54) is 35.5 Å². The van der Waals surface area contributed by atoms with Crippen LogP contribution in [0, 0.1) is 5.92 Å². The molecule has 2 heterocycles. The summed E-state index contributed by atoms with van der Waals surface area (Å²) in [4.78, 5) is 12.3. The second-order valence-electron chi connectivity index (χ2n) is 7.12. The van der Waals surface area contributed by atoms with Crippen molar-refractivity contribution in [3.05, 3.63) is 53.0 Å². The van der Waals surface area contributed by atoms with Gasteiger partial charge in [0.1, 0.15) is 11.6 Å². The van der Waals surface area contributed by atoms with E-state index in [9.17, 15) is 0 Å². The first-order valence-corrected chi connectivity index (χ1v) is 9.14. The van der Waals surface area contributed by atoms with E-state index < -0.39 is 0 Å². The number of fused-ring (bicyclic) bond motifs is 1. The lowest BCUT2D eigenvalue weighted by Crippen LogP contribution is -2.25. The second kappa shape index (κ2) is 6.89. The molecule has 1 saturated carbocycles. The molecule has 1 aliphatic heterocycles. The first-order valence-electron chi connectivity index (χ1n) is 9.14. The molecule has 1 aromatic carbocycles. The van der Waals surface area contributed by atoms with Crippen LogP contribution in [0.3, 0.4) is 0 Å². The van der Waals surface area contributed by atoms with Gasteiger partial charge in [0.05, 0.1) is 5.69 Å². The molecule has 2 aromatic rings. The minimum Gasteiger partial charge on any atom is -0.359 e. The van der Waals surface area contributed by atoms with E-state index >= 15 is 0 Å². The van der Waals surface area contributed by atoms with Crippen LogP contribution < -0.4 is 10.2 Å². The van der Waals surface area contributed by atoms with Crippen LogP contribution in [0.25, 0.3) is 0 Å². The summed E-state index contributed by atoms with van der Waals surface area (Å²) in [5.74, 6) is 2.99. The van der Waals surface area contributed by atoms with Crippen LogP contribution in [0.5, 0.6) is 0 Å². The number of anilines is 1. The highest BCUT2D eigenvalue weighted by molar-refractivity contribution is 5.50. The van der Waals surface area contributed by atoms with Gasteiger partial charge in [0.2, 0.25) is 0 Å². The van der Waals surface area contributed by atoms with Crippen LogP contribution in [0.15, 0.2) is 30.3 Å². The summed E-state index contributed by atoms with van der Waals surface area (Å²) in [6, 6.07) is 10.5. The number of nitrogens with zero attached hydrogens (tertiary/aromatic N) is 3. The van der Waals surface area contributed by atoms with Crippen molar-refractivity contribution < 1.29 is 0 Å². The quantitative estimate of drug-likeness (QED) is 0.919. The van der Waals surface area contributed by atoms with Gasteiger partial charge in [-0.25, -0.2) is 9.97 Å². The summed E-state index contributed by atoms with van der Waals surface area (Å²) >= 11 is 0. The lowest BCUT2D eigenvalue weighted by atomic mass is 10.1. The Morgan fingerprint density at radius 2 is 1.88 bits per heavy atom. The first kappa shape index (κ1) is 15.6. The van der Waals surface area contributed by atoms with E-state index in [2.05, 4.69) is 47.6 Å². The molecule has 0 spiro atoms. The minimum absolute atomic E-state index is 0.811. The standard InChI is InChI=1S/C20H26N4/c1-24(14-16-7-8-16)20-17-9-11-21-12-10-18(17)22-19(23-20)13-15-5-3-2-4-6-15/h2-6,16,21H,7-14H2,1H3. The van der Waals surface area contributed by atoms with Gasteiger partial charge in [-0.2, -0.15) is 0 Å². The molecule has 126 valence electrons. The number of rotatable bonds is 5. The van der Waals surface area contributed by atoms with Crippen LogP contribution in [-0.2, 0) is 19.3 Å². The van der Waals surface area contributed by atoms with Crippen molar-refractivity contribution in [3.8, 4) is 0 Å². The van der Waals surface area contributed by atoms with Crippen molar-refractivity contribution in [2.75, 3.05) is 31.6 Å². The van der Waals surface area contributed by atoms with Crippen molar-refractivity contribution in [3.63, 3.8) is 0 Å². The molecule has 1 aromatic heterocycles. The Morgan fingerprint density at radius 1 is 1.08 bits per heavy atom. The largest absolute Gasteiger partial charge is 0.359 e. The van der Waals surface area contributed by atoms with Crippen LogP contribution in [-0.4, -0.2) is 36.6 Å². The topological polar surface area (TPSA) is 41.1 Å². The van der Waals surface area contributed by atoms with Crippen molar-refractivity contribution in [1.29, 1.82) is 0 Å². The molecule has 0 bridgehead atoms. The van der Waals surface area contributed by atoms with E-state index in [1.54, 1.807) is 0 Å². The average Bonchev–Trinajstić information content (AvgIpc) is 3.42. The van der Waals surface area contributed by atoms with E-state index in [0.29, 0.717) is 0 Å². The molecule has 1 fully saturated rings. The molecular weight excluding hydrogens is 296 g/mol. The van der Waals surface area contributed by atoms with Crippen LogP contribution >= 0.6 is 0 Å². The monoisotopic (exact) mass is 322 g/mol. The molecule has 1 N–H and O–H groups in total. The summed E-state index contributed by atoms with van der Waals surface area (Å²) < 4.78 is 0. The summed E-state index contributed by atoms with van der Waals surface area (Å²) in [6.07, 6.45) is 5.59. The predicted octanol–water partition coefficient (Wildman–Crippen LogP) is 2.60. The number of hydrogen-bond donors (Lipinski definition) is 1. The fourth-order valence-electron chi connectivity index (χ4n) is 3.52. The van der Waals surface area contributed by atoms with Crippen molar-refractivity contribution in [1.82, 2.24) is 15.3 Å². The summed E-state index contributed by atoms with van der Waals surface area (Å²) in [5.41, 5.74) is 3.89. The van der Waals surface area contributed by atoms with E-state index in [1.807, 2.05) is 0 Å². The van der Waals surface area contributed by atoms with Gasteiger partial charge in [-0.3, -0.25) is 0 Å². The third-order valence-corrected chi connectivity index (χ3v) is 5.00. The zero-order valence-electron chi connectivity index (χ0n) is 14.5. The van der Waals surface area contributed by atoms with Gasteiger partial charge < -0.3 is 10.2 Å². The minimum atomic E-state index is 0.811. The molecule has 4 rings (SSSR count). The maximum atomic E-state index is 4.99. The molecule has 24 heavy (non-hydrogen) atoms. The van der Waals surface area contributed by atoms with Gasteiger partial charge in [-0.1, -0.05) is 30.3 Å². The fourth-order valence-corrected chi connectivity index (χ4v) is 3.52. The van der Waals surface area contributed by atoms with Gasteiger partial charge in [0.15, 0.2) is 0 Å². The SMILES string of the molecule is CN(CC1CC1)c1nc(Cc2ccccc2)nc2c1CCNCC2. The van der Waals surface area contributed by atoms with Crippen LogP contribution in [0.4, 0.5) is 5.82 Å². The maximum Gasteiger partial charge on any atom is 0.135 e. The highest BCUT2D eigenvalue weighted by Gasteiger charge is 2.26. The van der Waals surface area contributed by atoms with E-state index in [4.69, 9.17) is 9.97 Å². The number of aromatic nitrogens is 2. The Labute approximate surface area is 144 Å². The first-order chi connectivity index (χ1) is 11.8. The summed E-state index contributed by atoms with van der Waals surface area (Å²) in [6.45, 7) is 3.17. The molecule has 0 radical (unpaired) electrons. The fraction of sp³-hybridized carbons (Fsp3) is 0.500. The van der Waals surface area contributed by atoms with Crippen molar-refractivity contribution >= 4 is 5.82 Å². The Morgan fingerprint density at radius 3 is 2.67 bits per heavy atom. The van der Waals surface area contributed by atoms with Gasteiger partial charge in [-0.15, -0.1) is 0 Å². The van der Waals surface area contributed by atoms with Gasteiger partial charge in [-0.05, 0) is 37.3 Å². The predicted molar refractivity (Wildman–Crippen MR) is 97.6 cm³/mol.